The molecule has 0 atom stereocenters. The first-order chi connectivity index (χ1) is 43.6. The van der Waals surface area contributed by atoms with E-state index in [-0.39, 0.29) is 0 Å². The third-order valence-electron chi connectivity index (χ3n) is 16.9. The average molecular weight is 1130 g/mol. The zero-order valence-corrected chi connectivity index (χ0v) is 46.8. The molecule has 0 N–H and O–H groups in total. The van der Waals surface area contributed by atoms with Crippen LogP contribution in [0.25, 0.3) is 179 Å². The first-order valence-corrected chi connectivity index (χ1v) is 29.2. The minimum absolute atomic E-state index is 0.441. The molecule has 0 saturated heterocycles. The molecule has 410 valence electrons. The van der Waals surface area contributed by atoms with Crippen molar-refractivity contribution in [3.05, 3.63) is 273 Å². The highest BCUT2D eigenvalue weighted by atomic mass is 16.3. The van der Waals surface area contributed by atoms with Gasteiger partial charge in [-0.2, -0.15) is 9.97 Å². The number of nitrogens with zero attached hydrogens (tertiary/aromatic N) is 9. The van der Waals surface area contributed by atoms with Gasteiger partial charge in [-0.3, -0.25) is 9.13 Å². The summed E-state index contributed by atoms with van der Waals surface area (Å²) in [6.07, 6.45) is 0. The number of hydrogen-bond donors (Lipinski definition) is 0. The van der Waals surface area contributed by atoms with Crippen LogP contribution in [0, 0.1) is 0 Å². The van der Waals surface area contributed by atoms with Gasteiger partial charge in [-0.1, -0.05) is 188 Å². The molecule has 0 aliphatic carbocycles. The van der Waals surface area contributed by atoms with E-state index in [2.05, 4.69) is 173 Å². The van der Waals surface area contributed by atoms with Gasteiger partial charge >= 0.3 is 0 Å². The van der Waals surface area contributed by atoms with E-state index in [1.807, 2.05) is 109 Å². The largest absolute Gasteiger partial charge is 0.456 e. The lowest BCUT2D eigenvalue weighted by Crippen LogP contribution is -2.07. The van der Waals surface area contributed by atoms with Crippen molar-refractivity contribution < 1.29 is 8.83 Å². The molecule has 0 unspecified atom stereocenters. The number of rotatable bonds is 9. The highest BCUT2D eigenvalue weighted by Gasteiger charge is 2.26. The summed E-state index contributed by atoms with van der Waals surface area (Å²) >= 11 is 0. The Bertz CT molecular complexity index is 5580. The fourth-order valence-electron chi connectivity index (χ4n) is 12.7. The van der Waals surface area contributed by atoms with Gasteiger partial charge in [0, 0.05) is 65.3 Å². The molecular formula is C77H45N9O2. The van der Waals surface area contributed by atoms with Gasteiger partial charge in [0.15, 0.2) is 29.1 Å². The summed E-state index contributed by atoms with van der Waals surface area (Å²) in [4.78, 5) is 37.3. The van der Waals surface area contributed by atoms with Gasteiger partial charge in [0.1, 0.15) is 33.8 Å². The van der Waals surface area contributed by atoms with Gasteiger partial charge in [-0.25, -0.2) is 24.9 Å². The monoisotopic (exact) mass is 1130 g/mol. The van der Waals surface area contributed by atoms with Crippen LogP contribution in [0.5, 0.6) is 0 Å². The van der Waals surface area contributed by atoms with E-state index >= 15 is 0 Å². The number of pyridine rings is 1. The molecule has 11 nitrogen and oxygen atoms in total. The third kappa shape index (κ3) is 8.02. The summed E-state index contributed by atoms with van der Waals surface area (Å²) in [5, 5.41) is 8.06. The van der Waals surface area contributed by atoms with Crippen LogP contribution in [0.1, 0.15) is 0 Å². The summed E-state index contributed by atoms with van der Waals surface area (Å²) in [5.74, 6) is 3.68. The lowest BCUT2D eigenvalue weighted by molar-refractivity contribution is 0.668. The maximum atomic E-state index is 6.52. The predicted octanol–water partition coefficient (Wildman–Crippen LogP) is 19.1. The van der Waals surface area contributed by atoms with Gasteiger partial charge in [0.2, 0.25) is 5.95 Å². The zero-order chi connectivity index (χ0) is 57.8. The van der Waals surface area contributed by atoms with Crippen LogP contribution in [0.4, 0.5) is 0 Å². The fourth-order valence-corrected chi connectivity index (χ4v) is 12.7. The molecule has 0 fully saturated rings. The Morgan fingerprint density at radius 1 is 0.227 bits per heavy atom. The average Bonchev–Trinajstić information content (AvgIpc) is 1.61. The Morgan fingerprint density at radius 2 is 0.602 bits per heavy atom. The van der Waals surface area contributed by atoms with E-state index in [1.165, 1.54) is 0 Å². The molecule has 0 aliphatic heterocycles. The Hall–Kier alpha value is -12.2. The van der Waals surface area contributed by atoms with Crippen molar-refractivity contribution in [3.63, 3.8) is 0 Å². The molecule has 0 aliphatic rings. The van der Waals surface area contributed by atoms with Crippen LogP contribution in [0.2, 0.25) is 0 Å². The molecule has 88 heavy (non-hydrogen) atoms. The van der Waals surface area contributed by atoms with Gasteiger partial charge in [-0.05, 0) is 107 Å². The minimum Gasteiger partial charge on any atom is -0.456 e. The Balaban J connectivity index is 0.883. The molecule has 0 saturated carbocycles. The summed E-state index contributed by atoms with van der Waals surface area (Å²) in [6, 6.07) is 93.5. The van der Waals surface area contributed by atoms with E-state index in [1.54, 1.807) is 0 Å². The first kappa shape index (κ1) is 49.2. The maximum absolute atomic E-state index is 6.52. The molecule has 18 aromatic rings. The van der Waals surface area contributed by atoms with Crippen molar-refractivity contribution in [2.24, 2.45) is 0 Å². The van der Waals surface area contributed by atoms with Crippen LogP contribution >= 0.6 is 0 Å². The van der Waals surface area contributed by atoms with E-state index in [4.69, 9.17) is 43.7 Å². The van der Waals surface area contributed by atoms with Crippen LogP contribution < -0.4 is 0 Å². The van der Waals surface area contributed by atoms with Crippen molar-refractivity contribution in [3.8, 4) is 91.1 Å². The lowest BCUT2D eigenvalue weighted by Gasteiger charge is -2.13. The topological polar surface area (TPSA) is 126 Å². The fraction of sp³-hybridized carbons (Fsp3) is 0. The highest BCUT2D eigenvalue weighted by Crippen LogP contribution is 2.43. The SMILES string of the molecule is c1ccc(-c2ccc3oc4ccc(-c5nc(-c6ccc7oc8ccc(-c9ccccc9)cc8c7c6)nc(-n6c7ccccc7c7ccc8c9ccccc9n(-c9cccc(-c%10nc(-c%11ccccc%11)nc(-c%11ccccc%11)n%10)n9)c8c76)n5)cc4c3c2)cc1. The summed E-state index contributed by atoms with van der Waals surface area (Å²) in [5.41, 5.74) is 15.3. The van der Waals surface area contributed by atoms with Crippen LogP contribution in [0.15, 0.2) is 282 Å². The van der Waals surface area contributed by atoms with Gasteiger partial charge in [0.05, 0.1) is 22.1 Å². The van der Waals surface area contributed by atoms with E-state index < -0.39 is 0 Å². The molecule has 0 spiro atoms. The number of para-hydroxylation sites is 2. The molecule has 0 bridgehead atoms. The van der Waals surface area contributed by atoms with Gasteiger partial charge in [-0.15, -0.1) is 0 Å². The van der Waals surface area contributed by atoms with Crippen LogP contribution in [-0.4, -0.2) is 44.0 Å². The Morgan fingerprint density at radius 3 is 1.08 bits per heavy atom. The zero-order valence-electron chi connectivity index (χ0n) is 46.8. The second kappa shape index (κ2) is 19.7. The quantitative estimate of drug-likeness (QED) is 0.139. The Kier molecular flexibility index (Phi) is 11.0. The lowest BCUT2D eigenvalue weighted by atomic mass is 10.0. The van der Waals surface area contributed by atoms with Crippen LogP contribution in [0.3, 0.4) is 0 Å². The van der Waals surface area contributed by atoms with Crippen molar-refractivity contribution in [2.75, 3.05) is 0 Å². The minimum atomic E-state index is 0.441. The molecular weight excluding hydrogens is 1080 g/mol. The standard InChI is InChI=1S/C77H45N9O2/c1-5-18-46(19-6-1)50-32-38-65-58(42-50)60-44-52(34-40-67(60)87-65)74-80-75(53-35-41-68-61(45-53)59-43-51(33-39-66(59)88-68)47-20-7-2-8-21-47)84-77(83-74)86-64-30-16-14-27-55(64)57-37-36-56-54-26-13-15-29-63(54)85(70(56)71(57)86)69-31-17-28-62(78-69)76-81-72(48-22-9-3-10-23-48)79-73(82-76)49-24-11-4-12-25-49/h1-45H. The second-order valence-corrected chi connectivity index (χ2v) is 22.0. The van der Waals surface area contributed by atoms with Gasteiger partial charge < -0.3 is 8.83 Å². The summed E-state index contributed by atoms with van der Waals surface area (Å²) in [6.45, 7) is 0. The van der Waals surface area contributed by atoms with E-state index in [0.29, 0.717) is 46.6 Å². The van der Waals surface area contributed by atoms with Crippen molar-refractivity contribution in [1.29, 1.82) is 0 Å². The van der Waals surface area contributed by atoms with Crippen molar-refractivity contribution in [1.82, 2.24) is 44.0 Å². The second-order valence-electron chi connectivity index (χ2n) is 22.0. The van der Waals surface area contributed by atoms with Gasteiger partial charge in [0.25, 0.3) is 0 Å². The Labute approximate surface area is 501 Å². The molecule has 0 radical (unpaired) electrons. The van der Waals surface area contributed by atoms with E-state index in [0.717, 1.165) is 132 Å². The summed E-state index contributed by atoms with van der Waals surface area (Å²) < 4.78 is 17.5. The molecule has 18 rings (SSSR count). The number of hydrogen-bond acceptors (Lipinski definition) is 9. The smallest absolute Gasteiger partial charge is 0.238 e. The van der Waals surface area contributed by atoms with Crippen LogP contribution in [-0.2, 0) is 0 Å². The number of benzene rings is 11. The molecule has 7 heterocycles. The van der Waals surface area contributed by atoms with Crippen molar-refractivity contribution >= 4 is 87.5 Å². The molecule has 11 aromatic carbocycles. The first-order valence-electron chi connectivity index (χ1n) is 29.2. The summed E-state index contributed by atoms with van der Waals surface area (Å²) in [7, 11) is 0. The molecule has 7 aromatic heterocycles. The predicted molar refractivity (Wildman–Crippen MR) is 352 cm³/mol. The molecule has 0 amide bonds. The maximum Gasteiger partial charge on any atom is 0.238 e. The highest BCUT2D eigenvalue weighted by molar-refractivity contribution is 6.24. The number of furan rings is 2. The number of fused-ring (bicyclic) bond motifs is 13. The normalized spacial score (nSPS) is 11.9. The number of aromatic nitrogens is 9. The van der Waals surface area contributed by atoms with Crippen molar-refractivity contribution in [2.45, 2.75) is 0 Å². The third-order valence-corrected chi connectivity index (χ3v) is 16.9. The molecule has 11 heteroatoms. The van der Waals surface area contributed by atoms with E-state index in [9.17, 15) is 0 Å².